The van der Waals surface area contributed by atoms with E-state index in [0.717, 1.165) is 12.3 Å². The standard InChI is InChI=1S/C31H27F4N7O3/c1-4-22(43)37-17(3)25-24-23(18-11-13-19(32)14-12-18)26(39-28(44)27-36-16-15-21(38-27)31(33,34)35)30(45)41(5-2)29(24)42(40-25)20-9-7-6-8-10-20/h4,6-17,23,26H,1,5H2,2-3H3,(H,37,43)(H,39,44)/t17-,23+,26-/m1/s1. The molecule has 14 heteroatoms. The van der Waals surface area contributed by atoms with E-state index in [1.807, 2.05) is 0 Å². The Labute approximate surface area is 254 Å². The Morgan fingerprint density at radius 3 is 2.40 bits per heavy atom. The number of likely N-dealkylation sites (N-methyl/N-ethyl adjacent to an activating group) is 1. The van der Waals surface area contributed by atoms with Crippen molar-refractivity contribution in [2.45, 2.75) is 38.0 Å². The molecule has 0 fully saturated rings. The Bertz CT molecular complexity index is 1760. The van der Waals surface area contributed by atoms with E-state index in [1.165, 1.54) is 29.2 Å². The number of fused-ring (bicyclic) bond motifs is 1. The molecule has 1 aliphatic rings. The summed E-state index contributed by atoms with van der Waals surface area (Å²) < 4.78 is 55.7. The van der Waals surface area contributed by atoms with Crippen molar-refractivity contribution in [2.75, 3.05) is 11.4 Å². The summed E-state index contributed by atoms with van der Waals surface area (Å²) in [6.45, 7) is 6.99. The molecular formula is C31H27F4N7O3. The molecule has 0 aliphatic carbocycles. The summed E-state index contributed by atoms with van der Waals surface area (Å²) in [5, 5.41) is 10.1. The Morgan fingerprint density at radius 1 is 1.09 bits per heavy atom. The maximum atomic E-state index is 14.2. The third-order valence-corrected chi connectivity index (χ3v) is 7.29. The van der Waals surface area contributed by atoms with Gasteiger partial charge in [-0.05, 0) is 55.8 Å². The van der Waals surface area contributed by atoms with Gasteiger partial charge in [0.25, 0.3) is 11.8 Å². The van der Waals surface area contributed by atoms with Gasteiger partial charge in [-0.25, -0.2) is 19.0 Å². The van der Waals surface area contributed by atoms with Gasteiger partial charge >= 0.3 is 6.18 Å². The Hall–Kier alpha value is -5.40. The average molecular weight is 622 g/mol. The molecule has 0 saturated heterocycles. The van der Waals surface area contributed by atoms with Crippen LogP contribution in [0, 0.1) is 5.82 Å². The van der Waals surface area contributed by atoms with E-state index in [-0.39, 0.29) is 6.54 Å². The van der Waals surface area contributed by atoms with Crippen LogP contribution >= 0.6 is 0 Å². The molecular weight excluding hydrogens is 594 g/mol. The molecule has 4 aromatic rings. The minimum atomic E-state index is -4.84. The van der Waals surface area contributed by atoms with Crippen molar-refractivity contribution in [3.8, 4) is 5.69 Å². The predicted octanol–water partition coefficient (Wildman–Crippen LogP) is 4.48. The molecule has 5 rings (SSSR count). The predicted molar refractivity (Wildman–Crippen MR) is 155 cm³/mol. The maximum Gasteiger partial charge on any atom is 0.433 e. The van der Waals surface area contributed by atoms with Crippen LogP contribution < -0.4 is 15.5 Å². The zero-order chi connectivity index (χ0) is 32.5. The molecule has 45 heavy (non-hydrogen) atoms. The van der Waals surface area contributed by atoms with E-state index in [9.17, 15) is 31.9 Å². The summed E-state index contributed by atoms with van der Waals surface area (Å²) >= 11 is 0. The van der Waals surface area contributed by atoms with Gasteiger partial charge in [0.1, 0.15) is 23.4 Å². The average Bonchev–Trinajstić information content (AvgIpc) is 3.42. The van der Waals surface area contributed by atoms with Crippen LogP contribution in [-0.2, 0) is 15.8 Å². The first-order chi connectivity index (χ1) is 21.4. The Morgan fingerprint density at radius 2 is 1.78 bits per heavy atom. The molecule has 2 aromatic heterocycles. The number of benzene rings is 2. The lowest BCUT2D eigenvalue weighted by atomic mass is 9.80. The Kier molecular flexibility index (Phi) is 8.49. The zero-order valence-electron chi connectivity index (χ0n) is 24.0. The number of alkyl halides is 3. The number of rotatable bonds is 8. The number of halogens is 4. The summed E-state index contributed by atoms with van der Waals surface area (Å²) in [5.41, 5.74) is 0.417. The number of carbonyl (C=O) groups is 3. The smallest absolute Gasteiger partial charge is 0.344 e. The molecule has 0 unspecified atom stereocenters. The normalized spacial score (nSPS) is 16.9. The second-order valence-electron chi connectivity index (χ2n) is 10.1. The van der Waals surface area contributed by atoms with Crippen molar-refractivity contribution in [2.24, 2.45) is 0 Å². The highest BCUT2D eigenvalue weighted by molar-refractivity contribution is 6.04. The number of carbonyl (C=O) groups excluding carboxylic acids is 3. The summed E-state index contributed by atoms with van der Waals surface area (Å²) in [4.78, 5) is 48.4. The van der Waals surface area contributed by atoms with Crippen LogP contribution in [0.25, 0.3) is 5.69 Å². The van der Waals surface area contributed by atoms with E-state index in [2.05, 4.69) is 27.2 Å². The number of aromatic nitrogens is 4. The monoisotopic (exact) mass is 621 g/mol. The van der Waals surface area contributed by atoms with Crippen LogP contribution in [0.1, 0.15) is 58.9 Å². The van der Waals surface area contributed by atoms with Crippen molar-refractivity contribution in [1.29, 1.82) is 0 Å². The van der Waals surface area contributed by atoms with Crippen LogP contribution in [0.2, 0.25) is 0 Å². The van der Waals surface area contributed by atoms with E-state index >= 15 is 0 Å². The molecule has 3 atom stereocenters. The molecule has 0 spiro atoms. The third-order valence-electron chi connectivity index (χ3n) is 7.29. The number of para-hydroxylation sites is 1. The van der Waals surface area contributed by atoms with Crippen LogP contribution in [0.3, 0.4) is 0 Å². The number of nitrogens with zero attached hydrogens (tertiary/aromatic N) is 5. The Balaban J connectivity index is 1.73. The number of hydrogen-bond donors (Lipinski definition) is 2. The van der Waals surface area contributed by atoms with Crippen molar-refractivity contribution < 1.29 is 31.9 Å². The quantitative estimate of drug-likeness (QED) is 0.221. The van der Waals surface area contributed by atoms with Crippen LogP contribution in [0.15, 0.2) is 79.5 Å². The fourth-order valence-electron chi connectivity index (χ4n) is 5.30. The van der Waals surface area contributed by atoms with Crippen molar-refractivity contribution in [3.05, 3.63) is 114 Å². The fraction of sp³-hybridized carbons (Fsp3) is 0.226. The van der Waals surface area contributed by atoms with Crippen molar-refractivity contribution >= 4 is 23.5 Å². The number of hydrogen-bond acceptors (Lipinski definition) is 6. The molecule has 0 saturated carbocycles. The van der Waals surface area contributed by atoms with Gasteiger partial charge in [-0.2, -0.15) is 18.3 Å². The largest absolute Gasteiger partial charge is 0.433 e. The number of anilines is 1. The summed E-state index contributed by atoms with van der Waals surface area (Å²) in [5.74, 6) is -4.26. The van der Waals surface area contributed by atoms with E-state index < -0.39 is 59.2 Å². The highest BCUT2D eigenvalue weighted by Crippen LogP contribution is 2.45. The first-order valence-electron chi connectivity index (χ1n) is 13.8. The van der Waals surface area contributed by atoms with Gasteiger partial charge in [-0.3, -0.25) is 19.3 Å². The second-order valence-corrected chi connectivity index (χ2v) is 10.1. The van der Waals surface area contributed by atoms with Gasteiger partial charge in [-0.1, -0.05) is 36.9 Å². The van der Waals surface area contributed by atoms with E-state index in [1.54, 1.807) is 48.9 Å². The molecule has 232 valence electrons. The number of amides is 3. The van der Waals surface area contributed by atoms with Gasteiger partial charge in [0, 0.05) is 24.2 Å². The lowest BCUT2D eigenvalue weighted by Crippen LogP contribution is -2.55. The molecule has 2 N–H and O–H groups in total. The summed E-state index contributed by atoms with van der Waals surface area (Å²) in [7, 11) is 0. The number of nitrogens with one attached hydrogen (secondary N) is 2. The molecule has 3 heterocycles. The van der Waals surface area contributed by atoms with Gasteiger partial charge in [0.05, 0.1) is 17.4 Å². The summed E-state index contributed by atoms with van der Waals surface area (Å²) in [6.07, 6.45) is -2.95. The van der Waals surface area contributed by atoms with Crippen LogP contribution in [-0.4, -0.2) is 50.1 Å². The molecule has 0 radical (unpaired) electrons. The van der Waals surface area contributed by atoms with Gasteiger partial charge in [-0.15, -0.1) is 0 Å². The van der Waals surface area contributed by atoms with E-state index in [4.69, 9.17) is 5.10 Å². The van der Waals surface area contributed by atoms with Gasteiger partial charge < -0.3 is 10.6 Å². The highest BCUT2D eigenvalue weighted by atomic mass is 19.4. The molecule has 0 bridgehead atoms. The van der Waals surface area contributed by atoms with Gasteiger partial charge in [0.15, 0.2) is 0 Å². The highest BCUT2D eigenvalue weighted by Gasteiger charge is 2.47. The second kappa shape index (κ2) is 12.3. The maximum absolute atomic E-state index is 14.2. The van der Waals surface area contributed by atoms with Gasteiger partial charge in [0.2, 0.25) is 11.7 Å². The first kappa shape index (κ1) is 31.0. The molecule has 1 aliphatic heterocycles. The molecule has 10 nitrogen and oxygen atoms in total. The lowest BCUT2D eigenvalue weighted by molar-refractivity contribution is -0.141. The minimum Gasteiger partial charge on any atom is -0.344 e. The minimum absolute atomic E-state index is 0.111. The first-order valence-corrected chi connectivity index (χ1v) is 13.8. The molecule has 2 aromatic carbocycles. The SMILES string of the molecule is C=CC(=O)N[C@H](C)c1nn(-c2ccccc2)c2c1[C@H](c1ccc(F)cc1)[C@@H](NC(=O)c1nccc(C(F)(F)F)n1)C(=O)N2CC. The lowest BCUT2D eigenvalue weighted by Gasteiger charge is -2.38. The summed E-state index contributed by atoms with van der Waals surface area (Å²) in [6, 6.07) is 12.6. The van der Waals surface area contributed by atoms with E-state index in [0.29, 0.717) is 34.4 Å². The van der Waals surface area contributed by atoms with Crippen LogP contribution in [0.5, 0.6) is 0 Å². The third kappa shape index (κ3) is 6.03. The zero-order valence-corrected chi connectivity index (χ0v) is 24.0. The molecule has 3 amide bonds. The fourth-order valence-corrected chi connectivity index (χ4v) is 5.30. The van der Waals surface area contributed by atoms with Crippen molar-refractivity contribution in [3.63, 3.8) is 0 Å². The van der Waals surface area contributed by atoms with Crippen LogP contribution in [0.4, 0.5) is 23.4 Å². The topological polar surface area (TPSA) is 122 Å². The van der Waals surface area contributed by atoms with Crippen molar-refractivity contribution in [1.82, 2.24) is 30.4 Å².